The van der Waals surface area contributed by atoms with Gasteiger partial charge in [-0.1, -0.05) is 24.3 Å². The van der Waals surface area contributed by atoms with Gasteiger partial charge in [-0.3, -0.25) is 9.59 Å². The lowest BCUT2D eigenvalue weighted by molar-refractivity contribution is -0.160. The van der Waals surface area contributed by atoms with E-state index >= 15 is 0 Å². The van der Waals surface area contributed by atoms with E-state index in [0.717, 1.165) is 27.7 Å². The summed E-state index contributed by atoms with van der Waals surface area (Å²) < 4.78 is 7.44. The van der Waals surface area contributed by atoms with Gasteiger partial charge in [-0.15, -0.1) is 0 Å². The number of rotatable bonds is 2. The maximum Gasteiger partial charge on any atom is 0.320 e. The van der Waals surface area contributed by atoms with Crippen molar-refractivity contribution in [1.82, 2.24) is 9.47 Å². The van der Waals surface area contributed by atoms with E-state index in [0.29, 0.717) is 19.4 Å². The third kappa shape index (κ3) is 1.91. The number of aromatic nitrogens is 1. The van der Waals surface area contributed by atoms with E-state index in [1.54, 1.807) is 6.92 Å². The zero-order chi connectivity index (χ0) is 19.8. The molecule has 6 nitrogen and oxygen atoms in total. The molecule has 4 heterocycles. The van der Waals surface area contributed by atoms with Crippen LogP contribution >= 0.6 is 0 Å². The summed E-state index contributed by atoms with van der Waals surface area (Å²) in [5.41, 5.74) is 2.85. The van der Waals surface area contributed by atoms with Crippen LogP contribution in [0, 0.1) is 5.92 Å². The van der Waals surface area contributed by atoms with Crippen LogP contribution in [0.3, 0.4) is 0 Å². The van der Waals surface area contributed by atoms with Crippen LogP contribution in [0.15, 0.2) is 35.9 Å². The predicted octanol–water partition coefficient (Wildman–Crippen LogP) is 1.68. The number of hydrogen-bond donors (Lipinski definition) is 1. The maximum absolute atomic E-state index is 13.4. The molecule has 3 aliphatic heterocycles. The van der Waals surface area contributed by atoms with Gasteiger partial charge >= 0.3 is 5.97 Å². The first kappa shape index (κ1) is 17.5. The van der Waals surface area contributed by atoms with Gasteiger partial charge in [0.15, 0.2) is 0 Å². The lowest BCUT2D eigenvalue weighted by atomic mass is 9.60. The van der Waals surface area contributed by atoms with Crippen LogP contribution in [-0.2, 0) is 33.2 Å². The average Bonchev–Trinajstić information content (AvgIpc) is 2.91. The molecule has 146 valence electrons. The second kappa shape index (κ2) is 5.70. The monoisotopic (exact) mass is 380 g/mol. The summed E-state index contributed by atoms with van der Waals surface area (Å²) in [6.45, 7) is 2.24. The van der Waals surface area contributed by atoms with Crippen molar-refractivity contribution in [2.45, 2.75) is 37.3 Å². The van der Waals surface area contributed by atoms with Gasteiger partial charge in [0.25, 0.3) is 0 Å². The van der Waals surface area contributed by atoms with Crippen LogP contribution in [0.5, 0.6) is 0 Å². The van der Waals surface area contributed by atoms with Gasteiger partial charge < -0.3 is 19.3 Å². The Morgan fingerprint density at radius 1 is 1.36 bits per heavy atom. The Hall–Kier alpha value is -2.60. The Morgan fingerprint density at radius 3 is 2.82 bits per heavy atom. The zero-order valence-electron chi connectivity index (χ0n) is 16.3. The fraction of sp³-hybridized carbons (Fsp3) is 0.455. The molecule has 4 bridgehead atoms. The first-order valence-corrected chi connectivity index (χ1v) is 9.77. The summed E-state index contributed by atoms with van der Waals surface area (Å²) in [7, 11) is 3.39. The Bertz CT molecular complexity index is 1050. The minimum atomic E-state index is -1.01. The largest absolute Gasteiger partial charge is 0.468 e. The lowest BCUT2D eigenvalue weighted by Crippen LogP contribution is -2.67. The van der Waals surface area contributed by atoms with E-state index in [1.807, 2.05) is 30.2 Å². The number of benzene rings is 1. The van der Waals surface area contributed by atoms with Crippen LogP contribution in [-0.4, -0.2) is 52.3 Å². The molecule has 1 aliphatic carbocycles. The minimum absolute atomic E-state index is 0.0473. The van der Waals surface area contributed by atoms with Crippen molar-refractivity contribution in [2.24, 2.45) is 13.0 Å². The van der Waals surface area contributed by atoms with Crippen molar-refractivity contribution >= 4 is 22.8 Å². The van der Waals surface area contributed by atoms with Gasteiger partial charge in [0.1, 0.15) is 5.41 Å². The third-order valence-electron chi connectivity index (χ3n) is 6.90. The highest BCUT2D eigenvalue weighted by Crippen LogP contribution is 2.54. The smallest absolute Gasteiger partial charge is 0.320 e. The standard InChI is InChI=1S/C22H24N2O4/c1-12(25)16-10-13-11-22(21(27)28-3)18-15(8-9-24(19(16)22)20(13)26)14-6-4-5-7-17(14)23(18)2/h4-7,10,12-13,19,25H,8-9,11H2,1-3H3. The van der Waals surface area contributed by atoms with E-state index in [9.17, 15) is 14.7 Å². The second-order valence-corrected chi connectivity index (χ2v) is 8.20. The molecule has 2 aromatic rings. The summed E-state index contributed by atoms with van der Waals surface area (Å²) in [6, 6.07) is 7.63. The highest BCUT2D eigenvalue weighted by Gasteiger charge is 2.64. The number of amides is 1. The van der Waals surface area contributed by atoms with E-state index in [4.69, 9.17) is 4.74 Å². The van der Waals surface area contributed by atoms with Crippen LogP contribution < -0.4 is 0 Å². The van der Waals surface area contributed by atoms with Crippen LogP contribution in [0.4, 0.5) is 0 Å². The van der Waals surface area contributed by atoms with E-state index in [2.05, 4.69) is 16.7 Å². The van der Waals surface area contributed by atoms with Crippen molar-refractivity contribution in [2.75, 3.05) is 13.7 Å². The second-order valence-electron chi connectivity index (χ2n) is 8.20. The molecule has 4 unspecified atom stereocenters. The summed E-state index contributed by atoms with van der Waals surface area (Å²) in [5.74, 6) is -0.705. The molecule has 1 aromatic carbocycles. The fourth-order valence-corrected chi connectivity index (χ4v) is 5.90. The zero-order valence-corrected chi connectivity index (χ0v) is 16.3. The Kier molecular flexibility index (Phi) is 3.56. The van der Waals surface area contributed by atoms with Gasteiger partial charge in [-0.05, 0) is 37.0 Å². The molecule has 1 aromatic heterocycles. The highest BCUT2D eigenvalue weighted by molar-refractivity contribution is 5.97. The first-order chi connectivity index (χ1) is 13.4. The summed E-state index contributed by atoms with van der Waals surface area (Å²) in [6.07, 6.45) is 2.21. The van der Waals surface area contributed by atoms with Gasteiger partial charge in [-0.2, -0.15) is 0 Å². The number of esters is 1. The number of methoxy groups -OCH3 is 1. The van der Waals surface area contributed by atoms with Crippen molar-refractivity contribution in [1.29, 1.82) is 0 Å². The third-order valence-corrected chi connectivity index (χ3v) is 6.90. The predicted molar refractivity (Wildman–Crippen MR) is 104 cm³/mol. The Morgan fingerprint density at radius 2 is 2.11 bits per heavy atom. The average molecular weight is 380 g/mol. The number of nitrogens with zero attached hydrogens (tertiary/aromatic N) is 2. The Labute approximate surface area is 163 Å². The number of piperidine rings is 1. The number of carbonyl (C=O) groups is 2. The minimum Gasteiger partial charge on any atom is -0.468 e. The van der Waals surface area contributed by atoms with Gasteiger partial charge in [0, 0.05) is 30.2 Å². The van der Waals surface area contributed by atoms with Crippen molar-refractivity contribution < 1.29 is 19.4 Å². The quantitative estimate of drug-likeness (QED) is 0.636. The molecule has 0 radical (unpaired) electrons. The fourth-order valence-electron chi connectivity index (χ4n) is 5.90. The molecule has 6 heteroatoms. The lowest BCUT2D eigenvalue weighted by Gasteiger charge is -2.53. The number of carbonyl (C=O) groups excluding carboxylic acids is 2. The van der Waals surface area contributed by atoms with Crippen LogP contribution in [0.2, 0.25) is 0 Å². The maximum atomic E-state index is 13.4. The number of aliphatic hydroxyl groups excluding tert-OH is 1. The molecule has 28 heavy (non-hydrogen) atoms. The van der Waals surface area contributed by atoms with Crippen LogP contribution in [0.25, 0.3) is 10.9 Å². The molecule has 0 spiro atoms. The van der Waals surface area contributed by atoms with E-state index in [1.165, 1.54) is 7.11 Å². The highest BCUT2D eigenvalue weighted by atomic mass is 16.5. The summed E-state index contributed by atoms with van der Waals surface area (Å²) in [5, 5.41) is 11.6. The molecule has 1 amide bonds. The topological polar surface area (TPSA) is 71.8 Å². The van der Waals surface area contributed by atoms with Gasteiger partial charge in [0.05, 0.1) is 25.2 Å². The summed E-state index contributed by atoms with van der Waals surface area (Å²) >= 11 is 0. The number of ether oxygens (including phenoxy) is 1. The van der Waals surface area contributed by atoms with Crippen LogP contribution in [0.1, 0.15) is 24.6 Å². The number of hydrogen-bond acceptors (Lipinski definition) is 4. The first-order valence-electron chi connectivity index (χ1n) is 9.77. The molecule has 1 N–H and O–H groups in total. The van der Waals surface area contributed by atoms with Crippen molar-refractivity contribution in [3.05, 3.63) is 47.2 Å². The molecular weight excluding hydrogens is 356 g/mol. The molecule has 1 fully saturated rings. The Balaban J connectivity index is 1.89. The SMILES string of the molecule is COC(=O)C12CC3C=C(C(C)O)C1N(CCc1c2n(C)c2ccccc12)C3=O. The molecule has 0 saturated carbocycles. The normalized spacial score (nSPS) is 29.4. The number of aryl methyl sites for hydroxylation is 1. The molecule has 1 saturated heterocycles. The molecule has 4 aliphatic rings. The van der Waals surface area contributed by atoms with E-state index < -0.39 is 23.5 Å². The van der Waals surface area contributed by atoms with E-state index in [-0.39, 0.29) is 11.9 Å². The number of fused-ring (bicyclic) bond motifs is 3. The van der Waals surface area contributed by atoms with Crippen molar-refractivity contribution in [3.63, 3.8) is 0 Å². The van der Waals surface area contributed by atoms with Gasteiger partial charge in [-0.25, -0.2) is 0 Å². The molecule has 4 atom stereocenters. The number of aliphatic hydroxyl groups is 1. The molecule has 6 rings (SSSR count). The van der Waals surface area contributed by atoms with Crippen molar-refractivity contribution in [3.8, 4) is 0 Å². The summed E-state index contributed by atoms with van der Waals surface area (Å²) in [4.78, 5) is 28.3. The molecular formula is C22H24N2O4. The number of para-hydroxylation sites is 1. The van der Waals surface area contributed by atoms with Gasteiger partial charge in [0.2, 0.25) is 5.91 Å².